The predicted octanol–water partition coefficient (Wildman–Crippen LogP) is 5.28. The maximum absolute atomic E-state index is 12.2. The molecular formula is C17H13BrCl2N4OS. The summed E-state index contributed by atoms with van der Waals surface area (Å²) in [5.41, 5.74) is 1.47. The van der Waals surface area contributed by atoms with Crippen molar-refractivity contribution in [3.63, 3.8) is 0 Å². The molecule has 1 aromatic heterocycles. The number of anilines is 1. The van der Waals surface area contributed by atoms with Gasteiger partial charge in [0.1, 0.15) is 0 Å². The Labute approximate surface area is 173 Å². The molecule has 0 bridgehead atoms. The first-order valence-corrected chi connectivity index (χ1v) is 10.0. The van der Waals surface area contributed by atoms with Crippen LogP contribution in [-0.4, -0.2) is 26.4 Å². The van der Waals surface area contributed by atoms with Gasteiger partial charge in [0.05, 0.1) is 16.5 Å². The zero-order chi connectivity index (χ0) is 18.7. The number of nitrogens with one attached hydrogen (secondary N) is 1. The quantitative estimate of drug-likeness (QED) is 0.514. The van der Waals surface area contributed by atoms with Gasteiger partial charge in [-0.15, -0.1) is 10.2 Å². The normalized spacial score (nSPS) is 10.8. The molecular weight excluding hydrogens is 459 g/mol. The van der Waals surface area contributed by atoms with Gasteiger partial charge in [-0.2, -0.15) is 0 Å². The highest BCUT2D eigenvalue weighted by atomic mass is 79.9. The van der Waals surface area contributed by atoms with Gasteiger partial charge in [-0.25, -0.2) is 0 Å². The van der Waals surface area contributed by atoms with Gasteiger partial charge < -0.3 is 9.88 Å². The van der Waals surface area contributed by atoms with Crippen LogP contribution >= 0.6 is 50.9 Å². The van der Waals surface area contributed by atoms with Crippen molar-refractivity contribution in [3.05, 3.63) is 57.0 Å². The highest BCUT2D eigenvalue weighted by molar-refractivity contribution is 9.10. The molecule has 0 saturated heterocycles. The van der Waals surface area contributed by atoms with Crippen LogP contribution in [0.15, 0.2) is 52.1 Å². The number of rotatable bonds is 5. The van der Waals surface area contributed by atoms with Crippen LogP contribution in [0.1, 0.15) is 0 Å². The summed E-state index contributed by atoms with van der Waals surface area (Å²) < 4.78 is 2.85. The van der Waals surface area contributed by atoms with Gasteiger partial charge in [-0.1, -0.05) is 63.0 Å². The fourth-order valence-corrected chi connectivity index (χ4v) is 3.63. The molecule has 1 heterocycles. The van der Waals surface area contributed by atoms with E-state index in [0.29, 0.717) is 20.9 Å². The minimum atomic E-state index is -0.188. The predicted molar refractivity (Wildman–Crippen MR) is 110 cm³/mol. The van der Waals surface area contributed by atoms with E-state index in [1.54, 1.807) is 18.2 Å². The minimum absolute atomic E-state index is 0.186. The van der Waals surface area contributed by atoms with Gasteiger partial charge in [0.2, 0.25) is 5.91 Å². The Morgan fingerprint density at radius 3 is 2.62 bits per heavy atom. The van der Waals surface area contributed by atoms with E-state index < -0.39 is 0 Å². The Morgan fingerprint density at radius 1 is 1.19 bits per heavy atom. The molecule has 0 radical (unpaired) electrons. The van der Waals surface area contributed by atoms with Crippen LogP contribution in [0.3, 0.4) is 0 Å². The van der Waals surface area contributed by atoms with E-state index in [-0.39, 0.29) is 11.7 Å². The van der Waals surface area contributed by atoms with Crippen molar-refractivity contribution >= 4 is 62.5 Å². The number of nitrogens with zero attached hydrogens (tertiary/aromatic N) is 3. The third-order valence-corrected chi connectivity index (χ3v) is 5.57. The van der Waals surface area contributed by atoms with Crippen LogP contribution in [0.25, 0.3) is 11.4 Å². The number of carbonyl (C=O) groups excluding carboxylic acids is 1. The number of carbonyl (C=O) groups is 1. The zero-order valence-electron chi connectivity index (χ0n) is 13.5. The number of thioether (sulfide) groups is 1. The molecule has 2 aromatic carbocycles. The van der Waals surface area contributed by atoms with Crippen LogP contribution < -0.4 is 5.32 Å². The molecule has 9 heteroatoms. The molecule has 0 fully saturated rings. The number of benzene rings is 2. The highest BCUT2D eigenvalue weighted by Crippen LogP contribution is 2.27. The van der Waals surface area contributed by atoms with Gasteiger partial charge in [0, 0.05) is 22.1 Å². The second-order valence-corrected chi connectivity index (χ2v) is 8.03. The first-order chi connectivity index (χ1) is 12.4. The maximum atomic E-state index is 12.2. The molecule has 0 spiro atoms. The van der Waals surface area contributed by atoms with Crippen molar-refractivity contribution in [1.29, 1.82) is 0 Å². The smallest absolute Gasteiger partial charge is 0.234 e. The molecule has 0 aliphatic heterocycles. The summed E-state index contributed by atoms with van der Waals surface area (Å²) in [4.78, 5) is 12.2. The van der Waals surface area contributed by atoms with Gasteiger partial charge in [-0.3, -0.25) is 4.79 Å². The summed E-state index contributed by atoms with van der Waals surface area (Å²) in [6.07, 6.45) is 0. The maximum Gasteiger partial charge on any atom is 0.234 e. The Balaban J connectivity index is 1.64. The van der Waals surface area contributed by atoms with Crippen molar-refractivity contribution < 1.29 is 4.79 Å². The Morgan fingerprint density at radius 2 is 1.92 bits per heavy atom. The Bertz CT molecular complexity index is 946. The average Bonchev–Trinajstić information content (AvgIpc) is 2.97. The van der Waals surface area contributed by atoms with Crippen LogP contribution in [-0.2, 0) is 11.8 Å². The summed E-state index contributed by atoms with van der Waals surface area (Å²) >= 11 is 16.6. The average molecular weight is 472 g/mol. The van der Waals surface area contributed by atoms with E-state index in [0.717, 1.165) is 15.9 Å². The molecule has 0 aliphatic rings. The number of aromatic nitrogens is 3. The number of amides is 1. The molecule has 0 atom stereocenters. The third-order valence-electron chi connectivity index (χ3n) is 3.47. The topological polar surface area (TPSA) is 59.8 Å². The Hall–Kier alpha value is -1.54. The Kier molecular flexibility index (Phi) is 6.24. The summed E-state index contributed by atoms with van der Waals surface area (Å²) in [5, 5.41) is 12.7. The summed E-state index contributed by atoms with van der Waals surface area (Å²) in [7, 11) is 1.87. The van der Waals surface area contributed by atoms with Gasteiger partial charge >= 0.3 is 0 Å². The zero-order valence-corrected chi connectivity index (χ0v) is 17.5. The lowest BCUT2D eigenvalue weighted by Gasteiger charge is -2.07. The summed E-state index contributed by atoms with van der Waals surface area (Å²) in [6.45, 7) is 0. The van der Waals surface area contributed by atoms with Crippen molar-refractivity contribution in [2.24, 2.45) is 7.05 Å². The van der Waals surface area contributed by atoms with Gasteiger partial charge in [-0.05, 0) is 30.3 Å². The second-order valence-electron chi connectivity index (χ2n) is 5.33. The van der Waals surface area contributed by atoms with E-state index in [9.17, 15) is 4.79 Å². The largest absolute Gasteiger partial charge is 0.324 e. The molecule has 0 unspecified atom stereocenters. The second kappa shape index (κ2) is 8.43. The molecule has 3 rings (SSSR count). The molecule has 0 aliphatic carbocycles. The van der Waals surface area contributed by atoms with E-state index in [4.69, 9.17) is 23.2 Å². The molecule has 3 aromatic rings. The fourth-order valence-electron chi connectivity index (χ4n) is 2.20. The molecule has 0 saturated carbocycles. The SMILES string of the molecule is Cn1c(SCC(=O)Nc2ccc(Cl)cc2Cl)nnc1-c1ccc(Br)cc1. The molecule has 5 nitrogen and oxygen atoms in total. The number of hydrogen-bond acceptors (Lipinski definition) is 4. The van der Waals surface area contributed by atoms with Crippen LogP contribution in [0.4, 0.5) is 5.69 Å². The van der Waals surface area contributed by atoms with Crippen molar-refractivity contribution in [2.75, 3.05) is 11.1 Å². The van der Waals surface area contributed by atoms with Crippen LogP contribution in [0.5, 0.6) is 0 Å². The lowest BCUT2D eigenvalue weighted by atomic mass is 10.2. The standard InChI is InChI=1S/C17H13BrCl2N4OS/c1-24-16(10-2-4-11(18)5-3-10)22-23-17(24)26-9-15(25)21-14-7-6-12(19)8-13(14)20/h2-8H,9H2,1H3,(H,21,25). The van der Waals surface area contributed by atoms with Gasteiger partial charge in [0.25, 0.3) is 0 Å². The van der Waals surface area contributed by atoms with Crippen molar-refractivity contribution in [3.8, 4) is 11.4 Å². The molecule has 1 N–H and O–H groups in total. The van der Waals surface area contributed by atoms with E-state index in [1.165, 1.54) is 11.8 Å². The number of halogens is 3. The van der Waals surface area contributed by atoms with Crippen molar-refractivity contribution in [1.82, 2.24) is 14.8 Å². The fraction of sp³-hybridized carbons (Fsp3) is 0.118. The molecule has 134 valence electrons. The van der Waals surface area contributed by atoms with Crippen molar-refractivity contribution in [2.45, 2.75) is 5.16 Å². The monoisotopic (exact) mass is 470 g/mol. The minimum Gasteiger partial charge on any atom is -0.324 e. The van der Waals surface area contributed by atoms with E-state index in [1.807, 2.05) is 35.9 Å². The highest BCUT2D eigenvalue weighted by Gasteiger charge is 2.13. The van der Waals surface area contributed by atoms with Gasteiger partial charge in [0.15, 0.2) is 11.0 Å². The summed E-state index contributed by atoms with van der Waals surface area (Å²) in [6, 6.07) is 12.7. The van der Waals surface area contributed by atoms with Crippen LogP contribution in [0.2, 0.25) is 10.0 Å². The third kappa shape index (κ3) is 4.59. The molecule has 26 heavy (non-hydrogen) atoms. The van der Waals surface area contributed by atoms with Crippen LogP contribution in [0, 0.1) is 0 Å². The first-order valence-electron chi connectivity index (χ1n) is 7.47. The first kappa shape index (κ1) is 19.2. The summed E-state index contributed by atoms with van der Waals surface area (Å²) in [5.74, 6) is 0.735. The van der Waals surface area contributed by atoms with E-state index >= 15 is 0 Å². The number of hydrogen-bond donors (Lipinski definition) is 1. The van der Waals surface area contributed by atoms with E-state index in [2.05, 4.69) is 31.4 Å². The lowest BCUT2D eigenvalue weighted by Crippen LogP contribution is -2.14. The lowest BCUT2D eigenvalue weighted by molar-refractivity contribution is -0.113. The molecule has 1 amide bonds.